The van der Waals surface area contributed by atoms with Crippen LogP contribution in [-0.4, -0.2) is 15.7 Å². The molecule has 0 aliphatic carbocycles. The van der Waals surface area contributed by atoms with Gasteiger partial charge in [0, 0.05) is 12.5 Å². The van der Waals surface area contributed by atoms with Crippen LogP contribution < -0.4 is 5.56 Å². The summed E-state index contributed by atoms with van der Waals surface area (Å²) in [5.41, 5.74) is -2.30. The predicted molar refractivity (Wildman–Crippen MR) is 69.0 cm³/mol. The van der Waals surface area contributed by atoms with Gasteiger partial charge in [-0.05, 0) is 18.6 Å². The van der Waals surface area contributed by atoms with E-state index >= 15 is 0 Å². The first-order valence-corrected chi connectivity index (χ1v) is 6.75. The maximum Gasteiger partial charge on any atom is 0.417 e. The lowest BCUT2D eigenvalue weighted by Crippen LogP contribution is -2.24. The van der Waals surface area contributed by atoms with E-state index in [4.69, 9.17) is 0 Å². The number of hydrogen-bond donors (Lipinski definition) is 0. The Balaban J connectivity index is 2.22. The number of aromatic nitrogens is 2. The maximum atomic E-state index is 13.0. The molecule has 3 rings (SSSR count). The van der Waals surface area contributed by atoms with Crippen LogP contribution in [0.15, 0.2) is 23.0 Å². The zero-order valence-electron chi connectivity index (χ0n) is 11.5. The van der Waals surface area contributed by atoms with Crippen molar-refractivity contribution in [1.82, 2.24) is 9.55 Å². The summed E-state index contributed by atoms with van der Waals surface area (Å²) in [5, 5.41) is -0.601. The summed E-state index contributed by atoms with van der Waals surface area (Å²) in [5.74, 6) is -1.11. The van der Waals surface area contributed by atoms with E-state index in [-0.39, 0.29) is 24.3 Å². The molecule has 1 aliphatic rings. The van der Waals surface area contributed by atoms with Gasteiger partial charge in [-0.25, -0.2) is 4.98 Å². The SMILES string of the molecule is O=c1c2c(C(F)(F)F)cccc2nc2n1CCC2CC(F)(F)F. The van der Waals surface area contributed by atoms with E-state index in [0.29, 0.717) is 0 Å². The van der Waals surface area contributed by atoms with Crippen LogP contribution in [0.25, 0.3) is 10.9 Å². The van der Waals surface area contributed by atoms with Gasteiger partial charge in [0.1, 0.15) is 5.82 Å². The van der Waals surface area contributed by atoms with Crippen molar-refractivity contribution in [2.45, 2.75) is 37.7 Å². The molecular weight excluding hydrogens is 326 g/mol. The first-order chi connectivity index (χ1) is 10.6. The fourth-order valence-corrected chi connectivity index (χ4v) is 2.93. The first-order valence-electron chi connectivity index (χ1n) is 6.75. The van der Waals surface area contributed by atoms with Gasteiger partial charge in [0.05, 0.1) is 22.9 Å². The van der Waals surface area contributed by atoms with Crippen LogP contribution in [0.1, 0.15) is 30.1 Å². The number of nitrogens with zero attached hydrogens (tertiary/aromatic N) is 2. The molecule has 0 amide bonds. The van der Waals surface area contributed by atoms with Gasteiger partial charge in [-0.15, -0.1) is 0 Å². The van der Waals surface area contributed by atoms with Crippen molar-refractivity contribution < 1.29 is 26.3 Å². The van der Waals surface area contributed by atoms with Gasteiger partial charge in [-0.1, -0.05) is 6.07 Å². The summed E-state index contributed by atoms with van der Waals surface area (Å²) in [4.78, 5) is 16.3. The molecule has 0 N–H and O–H groups in total. The Labute approximate surface area is 125 Å². The van der Waals surface area contributed by atoms with E-state index < -0.39 is 41.2 Å². The minimum absolute atomic E-state index is 0.0272. The average molecular weight is 336 g/mol. The normalized spacial score (nSPS) is 18.4. The van der Waals surface area contributed by atoms with E-state index in [1.807, 2.05) is 0 Å². The first kappa shape index (κ1) is 15.8. The molecule has 0 bridgehead atoms. The van der Waals surface area contributed by atoms with Gasteiger partial charge in [0.2, 0.25) is 0 Å². The molecule has 1 atom stereocenters. The molecule has 9 heteroatoms. The lowest BCUT2D eigenvalue weighted by Gasteiger charge is -2.15. The molecule has 0 saturated carbocycles. The van der Waals surface area contributed by atoms with E-state index in [2.05, 4.69) is 4.98 Å². The standard InChI is InChI=1S/C14H10F6N2O/c15-13(16,17)6-7-4-5-22-11(7)21-9-3-1-2-8(14(18,19)20)10(9)12(22)23/h1-3,7H,4-6H2. The molecule has 1 unspecified atom stereocenters. The summed E-state index contributed by atoms with van der Waals surface area (Å²) in [6.07, 6.45) is -10.3. The number of fused-ring (bicyclic) bond motifs is 2. The van der Waals surface area contributed by atoms with Gasteiger partial charge in [0.25, 0.3) is 5.56 Å². The summed E-state index contributed by atoms with van der Waals surface area (Å²) in [7, 11) is 0. The van der Waals surface area contributed by atoms with Crippen molar-refractivity contribution in [2.24, 2.45) is 0 Å². The lowest BCUT2D eigenvalue weighted by molar-refractivity contribution is -0.139. The molecule has 1 aliphatic heterocycles. The van der Waals surface area contributed by atoms with Crippen molar-refractivity contribution in [1.29, 1.82) is 0 Å². The van der Waals surface area contributed by atoms with Gasteiger partial charge in [-0.3, -0.25) is 9.36 Å². The summed E-state index contributed by atoms with van der Waals surface area (Å²) in [6, 6.07) is 3.05. The summed E-state index contributed by atoms with van der Waals surface area (Å²) < 4.78 is 77.7. The Hall–Kier alpha value is -2.06. The molecule has 0 radical (unpaired) electrons. The third-order valence-corrected chi connectivity index (χ3v) is 3.86. The Bertz CT molecular complexity index is 821. The number of rotatable bonds is 1. The predicted octanol–water partition coefficient (Wildman–Crippen LogP) is 3.86. The molecule has 0 spiro atoms. The number of alkyl halides is 6. The van der Waals surface area contributed by atoms with Gasteiger partial charge < -0.3 is 0 Å². The third kappa shape index (κ3) is 2.79. The Morgan fingerprint density at radius 3 is 2.48 bits per heavy atom. The van der Waals surface area contributed by atoms with Crippen LogP contribution in [0.4, 0.5) is 26.3 Å². The summed E-state index contributed by atoms with van der Waals surface area (Å²) >= 11 is 0. The maximum absolute atomic E-state index is 13.0. The Morgan fingerprint density at radius 1 is 1.17 bits per heavy atom. The highest BCUT2D eigenvalue weighted by Crippen LogP contribution is 2.38. The molecule has 0 fully saturated rings. The Morgan fingerprint density at radius 2 is 1.87 bits per heavy atom. The van der Waals surface area contributed by atoms with Crippen molar-refractivity contribution in [3.8, 4) is 0 Å². The zero-order chi connectivity index (χ0) is 17.0. The van der Waals surface area contributed by atoms with Crippen molar-refractivity contribution in [3.05, 3.63) is 39.9 Å². The lowest BCUT2D eigenvalue weighted by atomic mass is 10.0. The minimum Gasteiger partial charge on any atom is -0.296 e. The highest BCUT2D eigenvalue weighted by atomic mass is 19.4. The van der Waals surface area contributed by atoms with Crippen LogP contribution in [0.2, 0.25) is 0 Å². The molecule has 2 aromatic rings. The van der Waals surface area contributed by atoms with Crippen LogP contribution >= 0.6 is 0 Å². The largest absolute Gasteiger partial charge is 0.417 e. The van der Waals surface area contributed by atoms with E-state index in [1.54, 1.807) is 0 Å². The van der Waals surface area contributed by atoms with Crippen molar-refractivity contribution in [3.63, 3.8) is 0 Å². The molecule has 1 aromatic heterocycles. The Kier molecular flexibility index (Phi) is 3.42. The van der Waals surface area contributed by atoms with Crippen molar-refractivity contribution >= 4 is 10.9 Å². The van der Waals surface area contributed by atoms with Crippen molar-refractivity contribution in [2.75, 3.05) is 0 Å². The second-order valence-corrected chi connectivity index (χ2v) is 5.43. The molecule has 23 heavy (non-hydrogen) atoms. The monoisotopic (exact) mass is 336 g/mol. The van der Waals surface area contributed by atoms with Crippen LogP contribution in [-0.2, 0) is 12.7 Å². The topological polar surface area (TPSA) is 34.9 Å². The van der Waals surface area contributed by atoms with E-state index in [1.165, 1.54) is 6.07 Å². The van der Waals surface area contributed by atoms with Crippen LogP contribution in [0.3, 0.4) is 0 Å². The van der Waals surface area contributed by atoms with Gasteiger partial charge in [0.15, 0.2) is 0 Å². The van der Waals surface area contributed by atoms with Gasteiger partial charge in [-0.2, -0.15) is 26.3 Å². The fraction of sp³-hybridized carbons (Fsp3) is 0.429. The molecule has 3 nitrogen and oxygen atoms in total. The smallest absolute Gasteiger partial charge is 0.296 e. The second-order valence-electron chi connectivity index (χ2n) is 5.43. The van der Waals surface area contributed by atoms with Crippen LogP contribution in [0, 0.1) is 0 Å². The number of halogens is 6. The third-order valence-electron chi connectivity index (χ3n) is 3.86. The number of hydrogen-bond acceptors (Lipinski definition) is 2. The molecular formula is C14H10F6N2O. The van der Waals surface area contributed by atoms with Crippen LogP contribution in [0.5, 0.6) is 0 Å². The fourth-order valence-electron chi connectivity index (χ4n) is 2.93. The molecule has 1 aromatic carbocycles. The quantitative estimate of drug-likeness (QED) is 0.742. The van der Waals surface area contributed by atoms with E-state index in [0.717, 1.165) is 16.7 Å². The highest BCUT2D eigenvalue weighted by molar-refractivity contribution is 5.82. The number of benzene rings is 1. The van der Waals surface area contributed by atoms with Gasteiger partial charge >= 0.3 is 12.4 Å². The zero-order valence-corrected chi connectivity index (χ0v) is 11.5. The minimum atomic E-state index is -4.74. The average Bonchev–Trinajstić information content (AvgIpc) is 2.79. The molecule has 2 heterocycles. The van der Waals surface area contributed by atoms with E-state index in [9.17, 15) is 31.1 Å². The highest BCUT2D eigenvalue weighted by Gasteiger charge is 2.39. The molecule has 0 saturated heterocycles. The molecule has 124 valence electrons. The second kappa shape index (κ2) is 4.97. The summed E-state index contributed by atoms with van der Waals surface area (Å²) in [6.45, 7) is -0.0654.